The summed E-state index contributed by atoms with van der Waals surface area (Å²) in [5, 5.41) is 8.09. The lowest BCUT2D eigenvalue weighted by molar-refractivity contribution is 0.341. The van der Waals surface area contributed by atoms with Crippen molar-refractivity contribution >= 4 is 0 Å². The first-order chi connectivity index (χ1) is 10.3. The van der Waals surface area contributed by atoms with Crippen LogP contribution in [0.25, 0.3) is 17.1 Å². The summed E-state index contributed by atoms with van der Waals surface area (Å²) < 4.78 is 20.2. The molecule has 0 saturated carbocycles. The van der Waals surface area contributed by atoms with Crippen LogP contribution in [0.4, 0.5) is 4.39 Å². The van der Waals surface area contributed by atoms with Gasteiger partial charge in [-0.15, -0.1) is 5.10 Å². The first-order valence-electron chi connectivity index (χ1n) is 6.55. The van der Waals surface area contributed by atoms with Gasteiger partial charge in [0.1, 0.15) is 11.4 Å². The maximum absolute atomic E-state index is 13.2. The maximum Gasteiger partial charge on any atom is 0.214 e. The lowest BCUT2D eigenvalue weighted by atomic mass is 10.1. The van der Waals surface area contributed by atoms with Crippen molar-refractivity contribution in [3.05, 3.63) is 54.6 Å². The number of halogens is 1. The number of benzene rings is 1. The normalized spacial score (nSPS) is 10.6. The van der Waals surface area contributed by atoms with Gasteiger partial charge >= 0.3 is 0 Å². The van der Waals surface area contributed by atoms with Crippen LogP contribution in [0.5, 0.6) is 5.75 Å². The van der Waals surface area contributed by atoms with Gasteiger partial charge in [-0.3, -0.25) is 0 Å². The van der Waals surface area contributed by atoms with Gasteiger partial charge in [-0.25, -0.2) is 9.67 Å². The lowest BCUT2D eigenvalue weighted by Crippen LogP contribution is -1.99. The summed E-state index contributed by atoms with van der Waals surface area (Å²) in [7, 11) is 0. The molecule has 0 amide bonds. The predicted octanol–water partition coefficient (Wildman–Crippen LogP) is 2.87. The Morgan fingerprint density at radius 1 is 1.14 bits per heavy atom. The molecule has 0 atom stereocenters. The van der Waals surface area contributed by atoms with Crippen LogP contribution < -0.4 is 4.74 Å². The third-order valence-corrected chi connectivity index (χ3v) is 2.89. The quantitative estimate of drug-likeness (QED) is 0.691. The summed E-state index contributed by atoms with van der Waals surface area (Å²) in [6, 6.07) is 12.1. The zero-order valence-corrected chi connectivity index (χ0v) is 11.4. The molecule has 5 nitrogen and oxygen atoms in total. The molecule has 21 heavy (non-hydrogen) atoms. The highest BCUT2D eigenvalue weighted by atomic mass is 19.1. The minimum atomic E-state index is -0.556. The van der Waals surface area contributed by atoms with E-state index in [1.165, 1.54) is 10.7 Å². The summed E-state index contributed by atoms with van der Waals surface area (Å²) in [6.45, 7) is 2.49. The van der Waals surface area contributed by atoms with Gasteiger partial charge in [0.2, 0.25) is 5.95 Å². The summed E-state index contributed by atoms with van der Waals surface area (Å²) in [6.07, 6.45) is 1.69. The van der Waals surface area contributed by atoms with Crippen LogP contribution in [-0.2, 0) is 0 Å². The van der Waals surface area contributed by atoms with Crippen LogP contribution in [0.1, 0.15) is 6.92 Å². The molecule has 0 aliphatic carbocycles. The number of ether oxygens (including phenoxy) is 1. The molecule has 3 rings (SSSR count). The highest BCUT2D eigenvalue weighted by molar-refractivity contribution is 5.66. The first kappa shape index (κ1) is 13.2. The Morgan fingerprint density at radius 3 is 2.81 bits per heavy atom. The molecule has 0 N–H and O–H groups in total. The molecule has 0 radical (unpaired) electrons. The van der Waals surface area contributed by atoms with Gasteiger partial charge in [0, 0.05) is 5.56 Å². The van der Waals surface area contributed by atoms with Crippen molar-refractivity contribution in [2.45, 2.75) is 6.92 Å². The number of nitrogens with zero attached hydrogens (tertiary/aromatic N) is 4. The van der Waals surface area contributed by atoms with E-state index in [0.29, 0.717) is 18.1 Å². The fourth-order valence-corrected chi connectivity index (χ4v) is 1.98. The maximum atomic E-state index is 13.2. The molecule has 0 aliphatic heterocycles. The van der Waals surface area contributed by atoms with Crippen LogP contribution in [0.15, 0.2) is 48.7 Å². The fourth-order valence-electron chi connectivity index (χ4n) is 1.98. The third kappa shape index (κ3) is 2.74. The van der Waals surface area contributed by atoms with Crippen LogP contribution in [0, 0.1) is 5.95 Å². The first-order valence-corrected chi connectivity index (χ1v) is 6.55. The van der Waals surface area contributed by atoms with E-state index in [0.717, 1.165) is 11.3 Å². The molecule has 0 unspecified atom stereocenters. The van der Waals surface area contributed by atoms with Gasteiger partial charge < -0.3 is 4.74 Å². The Balaban J connectivity index is 1.99. The van der Waals surface area contributed by atoms with Gasteiger partial charge in [0.25, 0.3) is 0 Å². The Morgan fingerprint density at radius 2 is 2.00 bits per heavy atom. The third-order valence-electron chi connectivity index (χ3n) is 2.89. The van der Waals surface area contributed by atoms with E-state index in [2.05, 4.69) is 15.3 Å². The topological polar surface area (TPSA) is 52.8 Å². The Labute approximate surface area is 121 Å². The summed E-state index contributed by atoms with van der Waals surface area (Å²) >= 11 is 0. The summed E-state index contributed by atoms with van der Waals surface area (Å²) in [4.78, 5) is 3.77. The van der Waals surface area contributed by atoms with E-state index in [4.69, 9.17) is 4.74 Å². The fraction of sp³-hybridized carbons (Fsp3) is 0.133. The van der Waals surface area contributed by atoms with Gasteiger partial charge in [-0.1, -0.05) is 23.4 Å². The van der Waals surface area contributed by atoms with Crippen molar-refractivity contribution in [3.63, 3.8) is 0 Å². The molecule has 0 fully saturated rings. The standard InChI is InChI=1S/C15H13FN4O/c1-2-21-13-7-4-3-6-11(13)12-10-20(19-18-12)15-9-5-8-14(16)17-15/h3-10H,2H2,1H3. The van der Waals surface area contributed by atoms with Gasteiger partial charge in [-0.05, 0) is 31.2 Å². The van der Waals surface area contributed by atoms with E-state index in [9.17, 15) is 4.39 Å². The molecule has 0 spiro atoms. The van der Waals surface area contributed by atoms with Gasteiger partial charge in [0.05, 0.1) is 12.8 Å². The number of hydrogen-bond acceptors (Lipinski definition) is 4. The predicted molar refractivity (Wildman–Crippen MR) is 75.7 cm³/mol. The molecule has 106 valence electrons. The summed E-state index contributed by atoms with van der Waals surface area (Å²) in [5.41, 5.74) is 1.48. The Hall–Kier alpha value is -2.76. The second kappa shape index (κ2) is 5.70. The minimum Gasteiger partial charge on any atom is -0.493 e. The van der Waals surface area contributed by atoms with Crippen LogP contribution in [0.3, 0.4) is 0 Å². The van der Waals surface area contributed by atoms with Gasteiger partial charge in [-0.2, -0.15) is 4.39 Å². The number of hydrogen-bond donors (Lipinski definition) is 0. The zero-order valence-electron chi connectivity index (χ0n) is 11.4. The molecule has 1 aromatic carbocycles. The van der Waals surface area contributed by atoms with Crippen molar-refractivity contribution in [1.29, 1.82) is 0 Å². The van der Waals surface area contributed by atoms with E-state index in [-0.39, 0.29) is 0 Å². The average Bonchev–Trinajstić information content (AvgIpc) is 2.98. The Kier molecular flexibility index (Phi) is 3.59. The van der Waals surface area contributed by atoms with Crippen LogP contribution >= 0.6 is 0 Å². The van der Waals surface area contributed by atoms with Crippen LogP contribution in [-0.4, -0.2) is 26.6 Å². The number of para-hydroxylation sites is 1. The smallest absolute Gasteiger partial charge is 0.214 e. The highest BCUT2D eigenvalue weighted by Crippen LogP contribution is 2.28. The Bertz CT molecular complexity index is 757. The molecule has 3 aromatic rings. The molecule has 0 aliphatic rings. The molecular weight excluding hydrogens is 271 g/mol. The largest absolute Gasteiger partial charge is 0.493 e. The second-order valence-corrected chi connectivity index (χ2v) is 4.30. The van der Waals surface area contributed by atoms with Crippen molar-refractivity contribution in [2.75, 3.05) is 6.61 Å². The van der Waals surface area contributed by atoms with Crippen molar-refractivity contribution < 1.29 is 9.13 Å². The van der Waals surface area contributed by atoms with Gasteiger partial charge in [0.15, 0.2) is 5.82 Å². The molecular formula is C15H13FN4O. The molecule has 2 heterocycles. The SMILES string of the molecule is CCOc1ccccc1-c1cn(-c2cccc(F)n2)nn1. The van der Waals surface area contributed by atoms with Crippen molar-refractivity contribution in [1.82, 2.24) is 20.0 Å². The number of rotatable bonds is 4. The number of aromatic nitrogens is 4. The molecule has 2 aromatic heterocycles. The van der Waals surface area contributed by atoms with Crippen molar-refractivity contribution in [3.8, 4) is 22.8 Å². The van der Waals surface area contributed by atoms with Crippen LogP contribution in [0.2, 0.25) is 0 Å². The highest BCUT2D eigenvalue weighted by Gasteiger charge is 2.11. The lowest BCUT2D eigenvalue weighted by Gasteiger charge is -2.06. The number of pyridine rings is 1. The van der Waals surface area contributed by atoms with E-state index >= 15 is 0 Å². The molecule has 0 bridgehead atoms. The minimum absolute atomic E-state index is 0.377. The monoisotopic (exact) mass is 284 g/mol. The molecule has 6 heteroatoms. The molecule has 0 saturated heterocycles. The average molecular weight is 284 g/mol. The van der Waals surface area contributed by atoms with Crippen molar-refractivity contribution in [2.24, 2.45) is 0 Å². The van der Waals surface area contributed by atoms with E-state index in [1.807, 2.05) is 31.2 Å². The zero-order chi connectivity index (χ0) is 14.7. The second-order valence-electron chi connectivity index (χ2n) is 4.30. The summed E-state index contributed by atoms with van der Waals surface area (Å²) in [5.74, 6) is 0.557. The van der Waals surface area contributed by atoms with E-state index in [1.54, 1.807) is 18.3 Å². The van der Waals surface area contributed by atoms with E-state index < -0.39 is 5.95 Å².